The maximum atomic E-state index is 12.4. The Labute approximate surface area is 48.6 Å². The molecule has 0 aromatic rings. The Morgan fingerprint density at radius 1 is 1.88 bits per heavy atom. The van der Waals surface area contributed by atoms with E-state index < -0.39 is 0 Å². The molecule has 1 N–H and O–H groups in total. The molecule has 0 aromatic heterocycles. The predicted molar refractivity (Wildman–Crippen MR) is 29.9 cm³/mol. The highest BCUT2D eigenvalue weighted by atomic mass is 19.2. The zero-order valence-corrected chi connectivity index (χ0v) is 5.02. The zero-order chi connectivity index (χ0) is 5.98. The van der Waals surface area contributed by atoms with Gasteiger partial charge in [-0.3, -0.25) is 0 Å². The van der Waals surface area contributed by atoms with Gasteiger partial charge in [0.1, 0.15) is 0 Å². The second-order valence-corrected chi connectivity index (χ2v) is 2.07. The first-order valence-electron chi connectivity index (χ1n) is 2.97. The molecule has 2 nitrogen and oxygen atoms in total. The Morgan fingerprint density at radius 3 is 2.88 bits per heavy atom. The van der Waals surface area contributed by atoms with Crippen LogP contribution in [0.1, 0.15) is 13.3 Å². The van der Waals surface area contributed by atoms with Crippen LogP contribution in [0.5, 0.6) is 0 Å². The number of rotatable bonds is 1. The van der Waals surface area contributed by atoms with Gasteiger partial charge in [-0.25, -0.2) is 0 Å². The lowest BCUT2D eigenvalue weighted by Gasteiger charge is -2.08. The van der Waals surface area contributed by atoms with Crippen molar-refractivity contribution in [2.75, 3.05) is 13.2 Å². The molecule has 1 rings (SSSR count). The van der Waals surface area contributed by atoms with Crippen molar-refractivity contribution in [2.24, 2.45) is 0 Å². The van der Waals surface area contributed by atoms with Crippen LogP contribution in [-0.4, -0.2) is 24.4 Å². The Hall–Kier alpha value is -0.150. The minimum Gasteiger partial charge on any atom is -0.301 e. The van der Waals surface area contributed by atoms with Crippen LogP contribution < -0.4 is 5.32 Å². The Kier molecular flexibility index (Phi) is 1.81. The van der Waals surface area contributed by atoms with Gasteiger partial charge in [0, 0.05) is 6.54 Å². The molecule has 1 atom stereocenters. The number of hydrogen-bond donors (Lipinski definition) is 1. The fourth-order valence-electron chi connectivity index (χ4n) is 0.909. The molecule has 0 saturated carbocycles. The molecule has 1 saturated heterocycles. The van der Waals surface area contributed by atoms with Gasteiger partial charge in [0.15, 0.2) is 0 Å². The number of hydrogen-bond acceptors (Lipinski definition) is 2. The lowest BCUT2D eigenvalue weighted by molar-refractivity contribution is 0.0108. The summed E-state index contributed by atoms with van der Waals surface area (Å²) in [4.78, 5) is 0. The third kappa shape index (κ3) is 0.980. The highest BCUT2D eigenvalue weighted by molar-refractivity contribution is 4.71. The first kappa shape index (κ1) is 5.98. The number of nitrogens with one attached hydrogen (secondary N) is 1. The third-order valence-corrected chi connectivity index (χ3v) is 1.51. The third-order valence-electron chi connectivity index (χ3n) is 1.51. The quantitative estimate of drug-likeness (QED) is 0.505. The van der Waals surface area contributed by atoms with Crippen LogP contribution in [0.25, 0.3) is 0 Å². The molecule has 1 aliphatic rings. The molecule has 0 bridgehead atoms. The van der Waals surface area contributed by atoms with Crippen molar-refractivity contribution in [3.63, 3.8) is 0 Å². The highest BCUT2D eigenvalue weighted by Crippen LogP contribution is 2.06. The second kappa shape index (κ2) is 2.42. The van der Waals surface area contributed by atoms with Crippen molar-refractivity contribution >= 4 is 0 Å². The lowest BCUT2D eigenvalue weighted by atomic mass is 10.2. The van der Waals surface area contributed by atoms with Crippen LogP contribution in [0.3, 0.4) is 0 Å². The van der Waals surface area contributed by atoms with Crippen molar-refractivity contribution in [3.8, 4) is 0 Å². The van der Waals surface area contributed by atoms with Crippen LogP contribution in [0.15, 0.2) is 0 Å². The van der Waals surface area contributed by atoms with E-state index in [4.69, 9.17) is 0 Å². The topological polar surface area (TPSA) is 15.3 Å². The molecule has 8 heavy (non-hydrogen) atoms. The lowest BCUT2D eigenvalue weighted by Crippen LogP contribution is -2.21. The number of halogens is 1. The molecule has 0 aliphatic carbocycles. The van der Waals surface area contributed by atoms with E-state index in [1.54, 1.807) is 0 Å². The summed E-state index contributed by atoms with van der Waals surface area (Å²) in [5.74, 6) is 0. The van der Waals surface area contributed by atoms with Crippen LogP contribution in [0.2, 0.25) is 0 Å². The van der Waals surface area contributed by atoms with E-state index in [1.807, 2.05) is 6.92 Å². The van der Waals surface area contributed by atoms with Crippen LogP contribution in [0.4, 0.5) is 4.48 Å². The molecule has 0 spiro atoms. The smallest absolute Gasteiger partial charge is 0.0786 e. The van der Waals surface area contributed by atoms with Gasteiger partial charge in [-0.05, 0) is 6.42 Å². The summed E-state index contributed by atoms with van der Waals surface area (Å²) >= 11 is 0. The Bertz CT molecular complexity index is 76.8. The van der Waals surface area contributed by atoms with E-state index in [1.165, 1.54) is 0 Å². The van der Waals surface area contributed by atoms with E-state index >= 15 is 0 Å². The summed E-state index contributed by atoms with van der Waals surface area (Å²) < 4.78 is 12.4. The molecule has 1 unspecified atom stereocenters. The largest absolute Gasteiger partial charge is 0.301 e. The second-order valence-electron chi connectivity index (χ2n) is 2.07. The van der Waals surface area contributed by atoms with Crippen molar-refractivity contribution < 1.29 is 4.48 Å². The van der Waals surface area contributed by atoms with Gasteiger partial charge in [-0.2, -0.15) is 0 Å². The van der Waals surface area contributed by atoms with E-state index in [2.05, 4.69) is 5.32 Å². The van der Waals surface area contributed by atoms with E-state index in [-0.39, 0.29) is 6.04 Å². The predicted octanol–water partition coefficient (Wildman–Crippen LogP) is 0.512. The summed E-state index contributed by atoms with van der Waals surface area (Å²) in [5, 5.41) is 3.77. The fourth-order valence-corrected chi connectivity index (χ4v) is 0.909. The molecule has 0 amide bonds. The summed E-state index contributed by atoms with van der Waals surface area (Å²) in [7, 11) is 0. The maximum Gasteiger partial charge on any atom is 0.0786 e. The summed E-state index contributed by atoms with van der Waals surface area (Å²) in [6.45, 7) is 3.19. The first-order valence-corrected chi connectivity index (χ1v) is 2.97. The fraction of sp³-hybridized carbons (Fsp3) is 1.00. The molecular formula is C5H11FN2. The zero-order valence-electron chi connectivity index (χ0n) is 5.02. The average Bonchev–Trinajstić information content (AvgIpc) is 2.14. The first-order chi connectivity index (χ1) is 3.84. The van der Waals surface area contributed by atoms with Crippen LogP contribution >= 0.6 is 0 Å². The van der Waals surface area contributed by atoms with Crippen molar-refractivity contribution in [1.29, 1.82) is 0 Å². The molecular weight excluding hydrogens is 107 g/mol. The average molecular weight is 118 g/mol. The molecule has 1 fully saturated rings. The minimum atomic E-state index is 0.120. The van der Waals surface area contributed by atoms with Gasteiger partial charge in [0.2, 0.25) is 0 Å². The summed E-state index contributed by atoms with van der Waals surface area (Å²) in [6, 6.07) is 0.120. The minimum absolute atomic E-state index is 0.120. The molecule has 48 valence electrons. The monoisotopic (exact) mass is 118 g/mol. The normalized spacial score (nSPS) is 31.5. The van der Waals surface area contributed by atoms with Crippen molar-refractivity contribution in [1.82, 2.24) is 10.4 Å². The summed E-state index contributed by atoms with van der Waals surface area (Å²) in [5.41, 5.74) is 0. The number of nitrogens with zero attached hydrogens (tertiary/aromatic N) is 1. The van der Waals surface area contributed by atoms with Gasteiger partial charge < -0.3 is 5.32 Å². The van der Waals surface area contributed by atoms with E-state index in [0.717, 1.165) is 18.1 Å². The van der Waals surface area contributed by atoms with Gasteiger partial charge in [-0.15, -0.1) is 9.60 Å². The molecule has 3 heteroatoms. The van der Waals surface area contributed by atoms with E-state index in [0.29, 0.717) is 6.67 Å². The Morgan fingerprint density at radius 2 is 2.62 bits per heavy atom. The molecule has 0 aromatic carbocycles. The van der Waals surface area contributed by atoms with Gasteiger partial charge in [-0.1, -0.05) is 6.92 Å². The molecule has 1 aliphatic heterocycles. The van der Waals surface area contributed by atoms with Crippen LogP contribution in [-0.2, 0) is 0 Å². The highest BCUT2D eigenvalue weighted by Gasteiger charge is 2.21. The summed E-state index contributed by atoms with van der Waals surface area (Å²) in [6.07, 6.45) is 0.892. The SMILES string of the molecule is CCC1CNCN1F. The van der Waals surface area contributed by atoms with Gasteiger partial charge in [0.25, 0.3) is 0 Å². The van der Waals surface area contributed by atoms with Crippen LogP contribution in [0, 0.1) is 0 Å². The van der Waals surface area contributed by atoms with Gasteiger partial charge in [0.05, 0.1) is 12.7 Å². The van der Waals surface area contributed by atoms with E-state index in [9.17, 15) is 4.48 Å². The van der Waals surface area contributed by atoms with Crippen molar-refractivity contribution in [2.45, 2.75) is 19.4 Å². The molecule has 1 heterocycles. The van der Waals surface area contributed by atoms with Gasteiger partial charge >= 0.3 is 0 Å². The standard InChI is InChI=1S/C5H11FN2/c1-2-5-3-7-4-8(5)6/h5,7H,2-4H2,1H3. The molecule has 0 radical (unpaired) electrons. The maximum absolute atomic E-state index is 12.4. The van der Waals surface area contributed by atoms with Crippen molar-refractivity contribution in [3.05, 3.63) is 0 Å². The Balaban J connectivity index is 2.30.